The zero-order valence-corrected chi connectivity index (χ0v) is 11.8. The van der Waals surface area contributed by atoms with Crippen molar-refractivity contribution in [1.29, 1.82) is 0 Å². The predicted molar refractivity (Wildman–Crippen MR) is 69.3 cm³/mol. The van der Waals surface area contributed by atoms with Crippen LogP contribution in [0.15, 0.2) is 0 Å². The minimum atomic E-state index is -2.84. The third kappa shape index (κ3) is 6.45. The van der Waals surface area contributed by atoms with Gasteiger partial charge in [0.2, 0.25) is 0 Å². The lowest BCUT2D eigenvalue weighted by Crippen LogP contribution is -2.50. The molecule has 0 bridgehead atoms. The van der Waals surface area contributed by atoms with Gasteiger partial charge in [0.25, 0.3) is 0 Å². The van der Waals surface area contributed by atoms with Gasteiger partial charge in [-0.25, -0.2) is 8.42 Å². The average molecular weight is 250 g/mol. The predicted octanol–water partition coefficient (Wildman–Crippen LogP) is 0.870. The highest BCUT2D eigenvalue weighted by Gasteiger charge is 2.24. The van der Waals surface area contributed by atoms with Crippen molar-refractivity contribution in [3.8, 4) is 0 Å². The van der Waals surface area contributed by atoms with Crippen LogP contribution in [0.25, 0.3) is 0 Å². The summed E-state index contributed by atoms with van der Waals surface area (Å²) in [5.74, 6) is 0.258. The Balaban J connectivity index is 4.25. The highest BCUT2D eigenvalue weighted by atomic mass is 32.2. The Morgan fingerprint density at radius 3 is 2.19 bits per heavy atom. The lowest BCUT2D eigenvalue weighted by molar-refractivity contribution is 0.127. The summed E-state index contributed by atoms with van der Waals surface area (Å²) < 4.78 is 22.1. The second-order valence-electron chi connectivity index (χ2n) is 4.99. The molecule has 0 saturated heterocycles. The normalized spacial score (nSPS) is 13.4. The fourth-order valence-electron chi connectivity index (χ4n) is 1.63. The molecule has 0 fully saturated rings. The quantitative estimate of drug-likeness (QED) is 0.694. The molecule has 0 amide bonds. The van der Waals surface area contributed by atoms with Crippen LogP contribution in [0.4, 0.5) is 0 Å². The van der Waals surface area contributed by atoms with Crippen LogP contribution in [0, 0.1) is 0 Å². The summed E-state index contributed by atoms with van der Waals surface area (Å²) in [6, 6.07) is 0. The Labute approximate surface area is 100 Å². The maximum absolute atomic E-state index is 11.0. The molecule has 0 aromatic rings. The van der Waals surface area contributed by atoms with Crippen molar-refractivity contribution < 1.29 is 8.42 Å². The van der Waals surface area contributed by atoms with Gasteiger partial charge in [-0.2, -0.15) is 0 Å². The smallest absolute Gasteiger partial charge is 0.147 e. The first-order valence-corrected chi connectivity index (χ1v) is 7.92. The molecule has 0 saturated carbocycles. The molecule has 5 heteroatoms. The number of hydrogen-bond donors (Lipinski definition) is 1. The van der Waals surface area contributed by atoms with Gasteiger partial charge in [-0.05, 0) is 39.8 Å². The van der Waals surface area contributed by atoms with E-state index in [1.165, 1.54) is 6.26 Å². The largest absolute Gasteiger partial charge is 0.329 e. The topological polar surface area (TPSA) is 63.4 Å². The van der Waals surface area contributed by atoms with E-state index in [1.807, 2.05) is 0 Å². The zero-order chi connectivity index (χ0) is 12.8. The highest BCUT2D eigenvalue weighted by Crippen LogP contribution is 2.13. The van der Waals surface area contributed by atoms with Gasteiger partial charge >= 0.3 is 0 Å². The Hall–Kier alpha value is -0.130. The van der Waals surface area contributed by atoms with Gasteiger partial charge in [0.05, 0.1) is 5.75 Å². The molecular formula is C11H26N2O2S. The minimum absolute atomic E-state index is 0.0481. The monoisotopic (exact) mass is 250 g/mol. The van der Waals surface area contributed by atoms with E-state index in [-0.39, 0.29) is 11.3 Å². The van der Waals surface area contributed by atoms with Gasteiger partial charge in [-0.3, -0.25) is 4.90 Å². The molecule has 16 heavy (non-hydrogen) atoms. The molecule has 4 nitrogen and oxygen atoms in total. The molecule has 2 N–H and O–H groups in total. The van der Waals surface area contributed by atoms with Crippen molar-refractivity contribution in [1.82, 2.24) is 4.90 Å². The molecule has 0 unspecified atom stereocenters. The second-order valence-corrected chi connectivity index (χ2v) is 7.25. The third-order valence-electron chi connectivity index (χ3n) is 2.79. The lowest BCUT2D eigenvalue weighted by atomic mass is 10.0. The Kier molecular flexibility index (Phi) is 6.51. The third-order valence-corrected chi connectivity index (χ3v) is 3.82. The number of nitrogens with zero attached hydrogens (tertiary/aromatic N) is 1. The molecule has 0 aromatic heterocycles. The summed E-state index contributed by atoms with van der Waals surface area (Å²) in [4.78, 5) is 2.28. The summed E-state index contributed by atoms with van der Waals surface area (Å²) >= 11 is 0. The molecule has 0 atom stereocenters. The van der Waals surface area contributed by atoms with Crippen molar-refractivity contribution in [2.75, 3.05) is 31.6 Å². The molecule has 0 spiro atoms. The van der Waals surface area contributed by atoms with E-state index in [0.717, 1.165) is 19.5 Å². The summed E-state index contributed by atoms with van der Waals surface area (Å²) in [6.07, 6.45) is 3.02. The van der Waals surface area contributed by atoms with E-state index in [1.54, 1.807) is 0 Å². The molecule has 0 heterocycles. The second kappa shape index (κ2) is 6.57. The van der Waals surface area contributed by atoms with Gasteiger partial charge in [0, 0.05) is 18.3 Å². The summed E-state index contributed by atoms with van der Waals surface area (Å²) in [5, 5.41) is 0. The fourth-order valence-corrected chi connectivity index (χ4v) is 2.29. The molecule has 98 valence electrons. The highest BCUT2D eigenvalue weighted by molar-refractivity contribution is 7.90. The van der Waals surface area contributed by atoms with E-state index < -0.39 is 9.84 Å². The number of rotatable bonds is 8. The van der Waals surface area contributed by atoms with Gasteiger partial charge < -0.3 is 5.73 Å². The SMILES string of the molecule is CCCN(CCCS(C)(=O)=O)C(C)(C)CN. The van der Waals surface area contributed by atoms with Gasteiger partial charge in [0.1, 0.15) is 9.84 Å². The summed E-state index contributed by atoms with van der Waals surface area (Å²) in [5.41, 5.74) is 5.69. The van der Waals surface area contributed by atoms with Crippen LogP contribution in [0.1, 0.15) is 33.6 Å². The van der Waals surface area contributed by atoms with Crippen LogP contribution in [-0.4, -0.2) is 50.5 Å². The van der Waals surface area contributed by atoms with Crippen LogP contribution in [-0.2, 0) is 9.84 Å². The van der Waals surface area contributed by atoms with Crippen molar-refractivity contribution in [2.45, 2.75) is 39.2 Å². The van der Waals surface area contributed by atoms with Crippen LogP contribution in [0.5, 0.6) is 0 Å². The molecule has 0 aliphatic rings. The van der Waals surface area contributed by atoms with E-state index in [2.05, 4.69) is 25.7 Å². The van der Waals surface area contributed by atoms with Gasteiger partial charge in [-0.1, -0.05) is 6.92 Å². The van der Waals surface area contributed by atoms with E-state index in [9.17, 15) is 8.42 Å². The molecular weight excluding hydrogens is 224 g/mol. The Morgan fingerprint density at radius 1 is 1.25 bits per heavy atom. The van der Waals surface area contributed by atoms with Crippen molar-refractivity contribution in [2.24, 2.45) is 5.73 Å². The fraction of sp³-hybridized carbons (Fsp3) is 1.00. The van der Waals surface area contributed by atoms with Crippen LogP contribution >= 0.6 is 0 Å². The van der Waals surface area contributed by atoms with Crippen molar-refractivity contribution in [3.05, 3.63) is 0 Å². The zero-order valence-electron chi connectivity index (χ0n) is 11.0. The standard InChI is InChI=1S/C11H26N2O2S/c1-5-7-13(11(2,3)10-12)8-6-9-16(4,14)15/h5-10,12H2,1-4H3. The van der Waals surface area contributed by atoms with Crippen molar-refractivity contribution in [3.63, 3.8) is 0 Å². The molecule has 0 radical (unpaired) electrons. The Bertz CT molecular complexity index is 286. The number of nitrogens with two attached hydrogens (primary N) is 1. The van der Waals surface area contributed by atoms with Crippen LogP contribution in [0.3, 0.4) is 0 Å². The first-order valence-electron chi connectivity index (χ1n) is 5.86. The molecule has 0 aliphatic carbocycles. The van der Waals surface area contributed by atoms with Gasteiger partial charge in [0.15, 0.2) is 0 Å². The van der Waals surface area contributed by atoms with E-state index >= 15 is 0 Å². The molecule has 0 aromatic carbocycles. The van der Waals surface area contributed by atoms with E-state index in [4.69, 9.17) is 5.73 Å². The molecule has 0 rings (SSSR count). The number of hydrogen-bond acceptors (Lipinski definition) is 4. The maximum Gasteiger partial charge on any atom is 0.147 e. The minimum Gasteiger partial charge on any atom is -0.329 e. The first-order chi connectivity index (χ1) is 7.23. The van der Waals surface area contributed by atoms with Gasteiger partial charge in [-0.15, -0.1) is 0 Å². The van der Waals surface area contributed by atoms with Crippen LogP contribution < -0.4 is 5.73 Å². The lowest BCUT2D eigenvalue weighted by Gasteiger charge is -2.37. The van der Waals surface area contributed by atoms with Crippen LogP contribution in [0.2, 0.25) is 0 Å². The summed E-state index contributed by atoms with van der Waals surface area (Å²) in [7, 11) is -2.84. The summed E-state index contributed by atoms with van der Waals surface area (Å²) in [6.45, 7) is 8.67. The average Bonchev–Trinajstić information content (AvgIpc) is 2.14. The first kappa shape index (κ1) is 15.9. The number of sulfone groups is 1. The maximum atomic E-state index is 11.0. The van der Waals surface area contributed by atoms with Crippen molar-refractivity contribution >= 4 is 9.84 Å². The molecule has 0 aliphatic heterocycles. The van der Waals surface area contributed by atoms with E-state index in [0.29, 0.717) is 13.0 Å². The Morgan fingerprint density at radius 2 is 1.81 bits per heavy atom.